The number of methoxy groups -OCH3 is 3. The molecule has 2 N–H and O–H groups in total. The molecule has 0 bridgehead atoms. The minimum Gasteiger partial charge on any atom is -0.497 e. The molecule has 0 saturated heterocycles. The summed E-state index contributed by atoms with van der Waals surface area (Å²) in [6.45, 7) is 3.17. The van der Waals surface area contributed by atoms with Crippen LogP contribution in [0.1, 0.15) is 30.5 Å². The molecule has 1 atom stereocenters. The normalized spacial score (nSPS) is 12.9. The van der Waals surface area contributed by atoms with E-state index in [1.165, 1.54) is 0 Å². The predicted octanol–water partition coefficient (Wildman–Crippen LogP) is 3.56. The highest BCUT2D eigenvalue weighted by molar-refractivity contribution is 5.71. The molecular weight excluding hydrogens is 344 g/mol. The number of hydrogen-bond donors (Lipinski definition) is 2. The van der Waals surface area contributed by atoms with Gasteiger partial charge in [0.25, 0.3) is 0 Å². The molecule has 1 unspecified atom stereocenters. The Morgan fingerprint density at radius 2 is 1.48 bits per heavy atom. The highest BCUT2D eigenvalue weighted by Gasteiger charge is 2.25. The minimum absolute atomic E-state index is 0.293. The van der Waals surface area contributed by atoms with E-state index in [-0.39, 0.29) is 0 Å². The SMILES string of the molecule is COc1cc(/C=C/c2ccc(OC)c(CC(O)C(C)(C)O)c2)cc(OC)c1. The molecule has 0 heterocycles. The average Bonchev–Trinajstić information content (AvgIpc) is 2.65. The maximum atomic E-state index is 10.2. The maximum absolute atomic E-state index is 10.2. The lowest BCUT2D eigenvalue weighted by Gasteiger charge is -2.25. The summed E-state index contributed by atoms with van der Waals surface area (Å²) in [5.74, 6) is 2.12. The molecule has 5 nitrogen and oxygen atoms in total. The van der Waals surface area contributed by atoms with E-state index in [1.54, 1.807) is 35.2 Å². The van der Waals surface area contributed by atoms with Crippen LogP contribution in [0.4, 0.5) is 0 Å². The fraction of sp³-hybridized carbons (Fsp3) is 0.364. The van der Waals surface area contributed by atoms with Gasteiger partial charge in [0.05, 0.1) is 33.0 Å². The van der Waals surface area contributed by atoms with Crippen molar-refractivity contribution in [1.82, 2.24) is 0 Å². The zero-order chi connectivity index (χ0) is 20.0. The summed E-state index contributed by atoms with van der Waals surface area (Å²) in [5.41, 5.74) is 1.54. The van der Waals surface area contributed by atoms with Gasteiger partial charge >= 0.3 is 0 Å². The van der Waals surface area contributed by atoms with Crippen LogP contribution >= 0.6 is 0 Å². The summed E-state index contributed by atoms with van der Waals surface area (Å²) < 4.78 is 16.0. The highest BCUT2D eigenvalue weighted by atomic mass is 16.5. The van der Waals surface area contributed by atoms with Crippen molar-refractivity contribution < 1.29 is 24.4 Å². The third-order valence-electron chi connectivity index (χ3n) is 4.38. The Morgan fingerprint density at radius 1 is 0.889 bits per heavy atom. The lowest BCUT2D eigenvalue weighted by molar-refractivity contribution is -0.0471. The largest absolute Gasteiger partial charge is 0.497 e. The Balaban J connectivity index is 2.29. The van der Waals surface area contributed by atoms with Gasteiger partial charge in [0, 0.05) is 12.5 Å². The van der Waals surface area contributed by atoms with Crippen LogP contribution in [0.2, 0.25) is 0 Å². The molecule has 0 radical (unpaired) electrons. The fourth-order valence-corrected chi connectivity index (χ4v) is 2.64. The quantitative estimate of drug-likeness (QED) is 0.694. The van der Waals surface area contributed by atoms with Gasteiger partial charge in [-0.05, 0) is 54.8 Å². The molecule has 0 saturated carbocycles. The lowest BCUT2D eigenvalue weighted by Crippen LogP contribution is -2.37. The van der Waals surface area contributed by atoms with E-state index in [9.17, 15) is 10.2 Å². The van der Waals surface area contributed by atoms with Gasteiger partial charge in [-0.1, -0.05) is 18.2 Å². The van der Waals surface area contributed by atoms with Gasteiger partial charge in [-0.2, -0.15) is 0 Å². The smallest absolute Gasteiger partial charge is 0.123 e. The molecule has 0 aromatic heterocycles. The summed E-state index contributed by atoms with van der Waals surface area (Å²) in [5, 5.41) is 20.2. The van der Waals surface area contributed by atoms with E-state index in [1.807, 2.05) is 48.6 Å². The summed E-state index contributed by atoms with van der Waals surface area (Å²) >= 11 is 0. The van der Waals surface area contributed by atoms with Crippen LogP contribution in [-0.2, 0) is 6.42 Å². The van der Waals surface area contributed by atoms with E-state index in [2.05, 4.69) is 0 Å². The van der Waals surface area contributed by atoms with Crippen LogP contribution in [0.25, 0.3) is 12.2 Å². The predicted molar refractivity (Wildman–Crippen MR) is 107 cm³/mol. The van der Waals surface area contributed by atoms with Gasteiger partial charge in [0.15, 0.2) is 0 Å². The molecule has 0 amide bonds. The average molecular weight is 372 g/mol. The zero-order valence-corrected chi connectivity index (χ0v) is 16.5. The third kappa shape index (κ3) is 5.74. The van der Waals surface area contributed by atoms with Gasteiger partial charge in [0.1, 0.15) is 17.2 Å². The Bertz CT molecular complexity index is 768. The topological polar surface area (TPSA) is 68.2 Å². The van der Waals surface area contributed by atoms with Gasteiger partial charge in [0.2, 0.25) is 0 Å². The molecule has 0 aliphatic rings. The van der Waals surface area contributed by atoms with Crippen molar-refractivity contribution in [3.63, 3.8) is 0 Å². The first kappa shape index (κ1) is 20.8. The van der Waals surface area contributed by atoms with Gasteiger partial charge < -0.3 is 24.4 Å². The number of rotatable bonds is 8. The molecule has 0 aliphatic heterocycles. The van der Waals surface area contributed by atoms with Crippen molar-refractivity contribution in [2.24, 2.45) is 0 Å². The second-order valence-electron chi connectivity index (χ2n) is 6.92. The van der Waals surface area contributed by atoms with Crippen molar-refractivity contribution in [3.8, 4) is 17.2 Å². The molecule has 27 heavy (non-hydrogen) atoms. The van der Waals surface area contributed by atoms with Crippen LogP contribution < -0.4 is 14.2 Å². The highest BCUT2D eigenvalue weighted by Crippen LogP contribution is 2.27. The Kier molecular flexibility index (Phi) is 6.88. The summed E-state index contributed by atoms with van der Waals surface area (Å²) in [6.07, 6.45) is 3.33. The van der Waals surface area contributed by atoms with Crippen molar-refractivity contribution >= 4 is 12.2 Å². The molecule has 0 fully saturated rings. The van der Waals surface area contributed by atoms with Crippen molar-refractivity contribution in [2.45, 2.75) is 32.0 Å². The molecule has 5 heteroatoms. The van der Waals surface area contributed by atoms with Crippen LogP contribution in [0, 0.1) is 0 Å². The Labute approximate surface area is 160 Å². The minimum atomic E-state index is -1.19. The molecule has 2 aromatic rings. The zero-order valence-electron chi connectivity index (χ0n) is 16.5. The van der Waals surface area contributed by atoms with Crippen LogP contribution in [0.3, 0.4) is 0 Å². The van der Waals surface area contributed by atoms with E-state index < -0.39 is 11.7 Å². The number of benzene rings is 2. The summed E-state index contributed by atoms with van der Waals surface area (Å²) in [6, 6.07) is 11.4. The van der Waals surface area contributed by atoms with Crippen molar-refractivity contribution in [2.75, 3.05) is 21.3 Å². The maximum Gasteiger partial charge on any atom is 0.123 e. The first-order valence-corrected chi connectivity index (χ1v) is 8.75. The Hall–Kier alpha value is -2.50. The Morgan fingerprint density at radius 3 is 2.00 bits per heavy atom. The lowest BCUT2D eigenvalue weighted by atomic mass is 9.94. The van der Waals surface area contributed by atoms with Crippen LogP contribution in [0.15, 0.2) is 36.4 Å². The number of aliphatic hydroxyl groups excluding tert-OH is 1. The van der Waals surface area contributed by atoms with E-state index in [4.69, 9.17) is 14.2 Å². The fourth-order valence-electron chi connectivity index (χ4n) is 2.64. The monoisotopic (exact) mass is 372 g/mol. The summed E-state index contributed by atoms with van der Waals surface area (Å²) in [4.78, 5) is 0. The second kappa shape index (κ2) is 8.93. The van der Waals surface area contributed by atoms with E-state index >= 15 is 0 Å². The standard InChI is InChI=1S/C22H28O5/c1-22(2,24)21(23)13-17-10-15(8-9-20(17)27-5)6-7-16-11-18(25-3)14-19(12-16)26-4/h6-12,14,21,23-24H,13H2,1-5H3/b7-6+. The molecule has 146 valence electrons. The van der Waals surface area contributed by atoms with Gasteiger partial charge in [-0.25, -0.2) is 0 Å². The number of aliphatic hydroxyl groups is 2. The van der Waals surface area contributed by atoms with Gasteiger partial charge in [-0.3, -0.25) is 0 Å². The molecule has 2 aromatic carbocycles. The van der Waals surface area contributed by atoms with Gasteiger partial charge in [-0.15, -0.1) is 0 Å². The third-order valence-corrected chi connectivity index (χ3v) is 4.38. The molecular formula is C22H28O5. The molecule has 2 rings (SSSR count). The van der Waals surface area contributed by atoms with Crippen LogP contribution in [-0.4, -0.2) is 43.2 Å². The number of hydrogen-bond acceptors (Lipinski definition) is 5. The number of ether oxygens (including phenoxy) is 3. The molecule has 0 spiro atoms. The first-order valence-electron chi connectivity index (χ1n) is 8.75. The second-order valence-corrected chi connectivity index (χ2v) is 6.92. The van der Waals surface area contributed by atoms with Crippen molar-refractivity contribution in [1.29, 1.82) is 0 Å². The van der Waals surface area contributed by atoms with E-state index in [0.29, 0.717) is 12.2 Å². The van der Waals surface area contributed by atoms with Crippen LogP contribution in [0.5, 0.6) is 17.2 Å². The molecule has 0 aliphatic carbocycles. The van der Waals surface area contributed by atoms with E-state index in [0.717, 1.165) is 28.2 Å². The summed E-state index contributed by atoms with van der Waals surface area (Å²) in [7, 11) is 4.82. The first-order chi connectivity index (χ1) is 12.8. The van der Waals surface area contributed by atoms with Crippen molar-refractivity contribution in [3.05, 3.63) is 53.1 Å².